The fourth-order valence-electron chi connectivity index (χ4n) is 0.996. The molecule has 0 radical (unpaired) electrons. The Morgan fingerprint density at radius 2 is 2.17 bits per heavy atom. The molecule has 0 spiro atoms. The molecule has 0 amide bonds. The Kier molecular flexibility index (Phi) is 6.67. The molecule has 0 heterocycles. The van der Waals surface area contributed by atoms with E-state index in [0.717, 1.165) is 25.5 Å². The zero-order chi connectivity index (χ0) is 9.40. The van der Waals surface area contributed by atoms with Gasteiger partial charge in [0.25, 0.3) is 0 Å². The highest BCUT2D eigenvalue weighted by Gasteiger charge is 2.11. The van der Waals surface area contributed by atoms with Gasteiger partial charge in [-0.15, -0.1) is 6.58 Å². The normalized spacial score (nSPS) is 15.2. The largest absolute Gasteiger partial charge is 0.392 e. The van der Waals surface area contributed by atoms with Crippen LogP contribution in [0.5, 0.6) is 0 Å². The number of rotatable bonds is 7. The number of unbranched alkanes of at least 4 members (excludes halogenated alkanes) is 2. The SMILES string of the molecule is C=CCCCCC(O)C(C)C=O. The number of carbonyl (C=O) groups excluding carboxylic acids is 1. The van der Waals surface area contributed by atoms with Crippen LogP contribution in [0.2, 0.25) is 0 Å². The van der Waals surface area contributed by atoms with E-state index >= 15 is 0 Å². The Balaban J connectivity index is 3.36. The van der Waals surface area contributed by atoms with Crippen LogP contribution in [0.25, 0.3) is 0 Å². The molecule has 0 bridgehead atoms. The van der Waals surface area contributed by atoms with Crippen molar-refractivity contribution < 1.29 is 9.90 Å². The van der Waals surface area contributed by atoms with Gasteiger partial charge >= 0.3 is 0 Å². The molecule has 70 valence electrons. The van der Waals surface area contributed by atoms with E-state index in [-0.39, 0.29) is 5.92 Å². The van der Waals surface area contributed by atoms with E-state index in [0.29, 0.717) is 6.42 Å². The number of hydrogen-bond acceptors (Lipinski definition) is 2. The lowest BCUT2D eigenvalue weighted by Gasteiger charge is -2.12. The van der Waals surface area contributed by atoms with E-state index in [9.17, 15) is 9.90 Å². The summed E-state index contributed by atoms with van der Waals surface area (Å²) in [6.45, 7) is 5.35. The van der Waals surface area contributed by atoms with Gasteiger partial charge in [0, 0.05) is 5.92 Å². The number of aliphatic hydroxyl groups is 1. The van der Waals surface area contributed by atoms with Gasteiger partial charge in [0.05, 0.1) is 6.10 Å². The minimum absolute atomic E-state index is 0.228. The van der Waals surface area contributed by atoms with Crippen molar-refractivity contribution in [2.45, 2.75) is 38.7 Å². The molecule has 0 aliphatic carbocycles. The Bertz CT molecular complexity index is 132. The Hall–Kier alpha value is -0.630. The van der Waals surface area contributed by atoms with Crippen molar-refractivity contribution in [3.8, 4) is 0 Å². The fourth-order valence-corrected chi connectivity index (χ4v) is 0.996. The van der Waals surface area contributed by atoms with Gasteiger partial charge < -0.3 is 9.90 Å². The Morgan fingerprint density at radius 1 is 1.50 bits per heavy atom. The molecule has 2 heteroatoms. The molecule has 2 atom stereocenters. The summed E-state index contributed by atoms with van der Waals surface area (Å²) in [6, 6.07) is 0. The van der Waals surface area contributed by atoms with E-state index in [1.165, 1.54) is 0 Å². The van der Waals surface area contributed by atoms with Crippen molar-refractivity contribution >= 4 is 6.29 Å². The van der Waals surface area contributed by atoms with Crippen LogP contribution in [-0.2, 0) is 4.79 Å². The third-order valence-corrected chi connectivity index (χ3v) is 1.98. The molecule has 0 aliphatic heterocycles. The van der Waals surface area contributed by atoms with Crippen LogP contribution >= 0.6 is 0 Å². The van der Waals surface area contributed by atoms with Crippen LogP contribution in [0.3, 0.4) is 0 Å². The molecule has 0 fully saturated rings. The van der Waals surface area contributed by atoms with Gasteiger partial charge in [-0.3, -0.25) is 0 Å². The molecule has 0 saturated carbocycles. The fraction of sp³-hybridized carbons (Fsp3) is 0.700. The van der Waals surface area contributed by atoms with Crippen LogP contribution in [0.4, 0.5) is 0 Å². The second-order valence-corrected chi connectivity index (χ2v) is 3.14. The number of carbonyl (C=O) groups is 1. The zero-order valence-corrected chi connectivity index (χ0v) is 7.70. The number of hydrogen-bond donors (Lipinski definition) is 1. The van der Waals surface area contributed by atoms with Gasteiger partial charge in [0.15, 0.2) is 0 Å². The highest BCUT2D eigenvalue weighted by molar-refractivity contribution is 5.53. The van der Waals surface area contributed by atoms with E-state index < -0.39 is 6.10 Å². The highest BCUT2D eigenvalue weighted by atomic mass is 16.3. The summed E-state index contributed by atoms with van der Waals surface area (Å²) in [5, 5.41) is 9.36. The molecule has 2 unspecified atom stereocenters. The molecule has 1 N–H and O–H groups in total. The monoisotopic (exact) mass is 170 g/mol. The molecule has 12 heavy (non-hydrogen) atoms. The Morgan fingerprint density at radius 3 is 2.67 bits per heavy atom. The molecule has 0 aromatic carbocycles. The molecular weight excluding hydrogens is 152 g/mol. The maximum Gasteiger partial charge on any atom is 0.125 e. The summed E-state index contributed by atoms with van der Waals surface area (Å²) in [6.07, 6.45) is 5.92. The van der Waals surface area contributed by atoms with Crippen LogP contribution in [0.15, 0.2) is 12.7 Å². The maximum absolute atomic E-state index is 10.3. The average molecular weight is 170 g/mol. The predicted molar refractivity (Wildman–Crippen MR) is 49.9 cm³/mol. The summed E-state index contributed by atoms with van der Waals surface area (Å²) in [7, 11) is 0. The topological polar surface area (TPSA) is 37.3 Å². The first-order valence-corrected chi connectivity index (χ1v) is 4.46. The highest BCUT2D eigenvalue weighted by Crippen LogP contribution is 2.09. The van der Waals surface area contributed by atoms with Crippen molar-refractivity contribution in [1.82, 2.24) is 0 Å². The smallest absolute Gasteiger partial charge is 0.125 e. The second-order valence-electron chi connectivity index (χ2n) is 3.14. The summed E-state index contributed by atoms with van der Waals surface area (Å²) in [4.78, 5) is 10.3. The van der Waals surface area contributed by atoms with E-state index in [1.54, 1.807) is 6.92 Å². The molecule has 0 aromatic rings. The van der Waals surface area contributed by atoms with E-state index in [4.69, 9.17) is 0 Å². The quantitative estimate of drug-likeness (QED) is 0.360. The summed E-state index contributed by atoms with van der Waals surface area (Å²) in [5.74, 6) is -0.228. The third kappa shape index (κ3) is 5.08. The first-order valence-electron chi connectivity index (χ1n) is 4.46. The standard InChI is InChI=1S/C10H18O2/c1-3-4-5-6-7-10(12)9(2)8-11/h3,8-10,12H,1,4-7H2,2H3. The van der Waals surface area contributed by atoms with Gasteiger partial charge in [0.2, 0.25) is 0 Å². The third-order valence-electron chi connectivity index (χ3n) is 1.98. The number of allylic oxidation sites excluding steroid dienone is 1. The lowest BCUT2D eigenvalue weighted by Crippen LogP contribution is -2.18. The lowest BCUT2D eigenvalue weighted by atomic mass is 10.0. The molecule has 0 aliphatic rings. The summed E-state index contributed by atoms with van der Waals surface area (Å²) < 4.78 is 0. The number of aliphatic hydroxyl groups excluding tert-OH is 1. The summed E-state index contributed by atoms with van der Waals surface area (Å²) >= 11 is 0. The second kappa shape index (κ2) is 7.04. The van der Waals surface area contributed by atoms with Gasteiger partial charge in [-0.2, -0.15) is 0 Å². The van der Waals surface area contributed by atoms with Crippen molar-refractivity contribution in [2.75, 3.05) is 0 Å². The minimum Gasteiger partial charge on any atom is -0.392 e. The number of aldehydes is 1. The summed E-state index contributed by atoms with van der Waals surface area (Å²) in [5.41, 5.74) is 0. The Labute approximate surface area is 74.3 Å². The van der Waals surface area contributed by atoms with Gasteiger partial charge in [-0.05, 0) is 19.3 Å². The lowest BCUT2D eigenvalue weighted by molar-refractivity contribution is -0.113. The average Bonchev–Trinajstić information content (AvgIpc) is 2.10. The predicted octanol–water partition coefficient (Wildman–Crippen LogP) is 1.93. The van der Waals surface area contributed by atoms with Crippen LogP contribution in [0.1, 0.15) is 32.6 Å². The van der Waals surface area contributed by atoms with E-state index in [2.05, 4.69) is 6.58 Å². The first-order chi connectivity index (χ1) is 5.72. The van der Waals surface area contributed by atoms with Crippen molar-refractivity contribution in [1.29, 1.82) is 0 Å². The molecule has 0 aromatic heterocycles. The van der Waals surface area contributed by atoms with Crippen molar-refractivity contribution in [2.24, 2.45) is 5.92 Å². The van der Waals surface area contributed by atoms with Crippen LogP contribution < -0.4 is 0 Å². The zero-order valence-electron chi connectivity index (χ0n) is 7.70. The van der Waals surface area contributed by atoms with Gasteiger partial charge in [-0.1, -0.05) is 19.4 Å². The van der Waals surface area contributed by atoms with Gasteiger partial charge in [0.1, 0.15) is 6.29 Å². The molecular formula is C10H18O2. The first kappa shape index (κ1) is 11.4. The van der Waals surface area contributed by atoms with Crippen molar-refractivity contribution in [3.63, 3.8) is 0 Å². The van der Waals surface area contributed by atoms with Crippen molar-refractivity contribution in [3.05, 3.63) is 12.7 Å². The minimum atomic E-state index is -0.465. The molecule has 0 saturated heterocycles. The van der Waals surface area contributed by atoms with Crippen LogP contribution in [-0.4, -0.2) is 17.5 Å². The molecule has 0 rings (SSSR count). The van der Waals surface area contributed by atoms with E-state index in [1.807, 2.05) is 6.08 Å². The maximum atomic E-state index is 10.3. The molecule has 2 nitrogen and oxygen atoms in total. The van der Waals surface area contributed by atoms with Crippen LogP contribution in [0, 0.1) is 5.92 Å². The van der Waals surface area contributed by atoms with Gasteiger partial charge in [-0.25, -0.2) is 0 Å².